The molecule has 0 amide bonds. The van der Waals surface area contributed by atoms with Crippen molar-refractivity contribution in [2.24, 2.45) is 0 Å². The molecular formula is C13H13NO4S. The van der Waals surface area contributed by atoms with E-state index in [1.807, 2.05) is 6.07 Å². The van der Waals surface area contributed by atoms with Gasteiger partial charge in [-0.15, -0.1) is 11.8 Å². The predicted molar refractivity (Wildman–Crippen MR) is 72.6 cm³/mol. The number of hydrogen-bond acceptors (Lipinski definition) is 5. The maximum atomic E-state index is 10.7. The molecule has 0 fully saturated rings. The number of carboxylic acid groups (broad SMARTS) is 1. The fourth-order valence-electron chi connectivity index (χ4n) is 1.49. The molecule has 1 heterocycles. The van der Waals surface area contributed by atoms with Crippen LogP contribution < -0.4 is 10.5 Å². The van der Waals surface area contributed by atoms with Crippen molar-refractivity contribution in [2.75, 3.05) is 12.8 Å². The smallest absolute Gasteiger partial charge is 0.371 e. The summed E-state index contributed by atoms with van der Waals surface area (Å²) >= 11 is 1.46. The lowest BCUT2D eigenvalue weighted by molar-refractivity contribution is 0.0661. The van der Waals surface area contributed by atoms with Crippen LogP contribution in [0, 0.1) is 0 Å². The standard InChI is InChI=1S/C13H13NO4S/c1-17-8-2-4-10(14)12(6-8)19-7-9-3-5-11(18-9)13(15)16/h2-6H,7,14H2,1H3,(H,15,16). The molecule has 0 aliphatic heterocycles. The molecular weight excluding hydrogens is 266 g/mol. The van der Waals surface area contributed by atoms with Crippen molar-refractivity contribution in [1.29, 1.82) is 0 Å². The van der Waals surface area contributed by atoms with E-state index in [0.717, 1.165) is 10.6 Å². The second-order valence-corrected chi connectivity index (χ2v) is 4.78. The summed E-state index contributed by atoms with van der Waals surface area (Å²) in [7, 11) is 1.59. The Balaban J connectivity index is 2.07. The fraction of sp³-hybridized carbons (Fsp3) is 0.154. The molecule has 0 atom stereocenters. The number of thioether (sulfide) groups is 1. The first-order valence-electron chi connectivity index (χ1n) is 5.48. The number of furan rings is 1. The van der Waals surface area contributed by atoms with Crippen molar-refractivity contribution in [3.63, 3.8) is 0 Å². The molecule has 0 radical (unpaired) electrons. The second-order valence-electron chi connectivity index (χ2n) is 3.76. The minimum absolute atomic E-state index is 0.0609. The van der Waals surface area contributed by atoms with Crippen molar-refractivity contribution in [3.05, 3.63) is 41.9 Å². The summed E-state index contributed by atoms with van der Waals surface area (Å²) in [5.41, 5.74) is 6.51. The van der Waals surface area contributed by atoms with Gasteiger partial charge in [0.05, 0.1) is 12.9 Å². The average Bonchev–Trinajstić information content (AvgIpc) is 2.87. The van der Waals surface area contributed by atoms with Crippen LogP contribution in [0.3, 0.4) is 0 Å². The first kappa shape index (κ1) is 13.4. The van der Waals surface area contributed by atoms with Gasteiger partial charge in [0.15, 0.2) is 0 Å². The number of hydrogen-bond donors (Lipinski definition) is 2. The SMILES string of the molecule is COc1ccc(N)c(SCc2ccc(C(=O)O)o2)c1. The van der Waals surface area contributed by atoms with Crippen LogP contribution in [0.1, 0.15) is 16.3 Å². The van der Waals surface area contributed by atoms with E-state index in [4.69, 9.17) is 20.0 Å². The zero-order valence-corrected chi connectivity index (χ0v) is 11.1. The molecule has 1 aromatic heterocycles. The quantitative estimate of drug-likeness (QED) is 0.646. The van der Waals surface area contributed by atoms with Crippen LogP contribution in [0.4, 0.5) is 5.69 Å². The molecule has 0 saturated carbocycles. The molecule has 0 unspecified atom stereocenters. The van der Waals surface area contributed by atoms with E-state index in [0.29, 0.717) is 17.2 Å². The second kappa shape index (κ2) is 5.71. The third kappa shape index (κ3) is 3.23. The third-order valence-corrected chi connectivity index (χ3v) is 3.56. The molecule has 2 aromatic rings. The van der Waals surface area contributed by atoms with Crippen LogP contribution in [0.15, 0.2) is 39.6 Å². The maximum absolute atomic E-state index is 10.7. The van der Waals surface area contributed by atoms with Gasteiger partial charge in [0, 0.05) is 10.6 Å². The fourth-order valence-corrected chi connectivity index (χ4v) is 2.37. The average molecular weight is 279 g/mol. The summed E-state index contributed by atoms with van der Waals surface area (Å²) in [6.45, 7) is 0. The Bertz CT molecular complexity index is 594. The highest BCUT2D eigenvalue weighted by molar-refractivity contribution is 7.98. The number of carbonyl (C=O) groups is 1. The molecule has 0 spiro atoms. The van der Waals surface area contributed by atoms with Gasteiger partial charge >= 0.3 is 5.97 Å². The van der Waals surface area contributed by atoms with Gasteiger partial charge in [-0.2, -0.15) is 0 Å². The maximum Gasteiger partial charge on any atom is 0.371 e. The Morgan fingerprint density at radius 2 is 2.21 bits per heavy atom. The monoisotopic (exact) mass is 279 g/mol. The van der Waals surface area contributed by atoms with Crippen molar-refractivity contribution >= 4 is 23.4 Å². The van der Waals surface area contributed by atoms with E-state index in [1.165, 1.54) is 17.8 Å². The van der Waals surface area contributed by atoms with E-state index in [1.54, 1.807) is 25.3 Å². The number of carboxylic acids is 1. The van der Waals surface area contributed by atoms with Gasteiger partial charge < -0.3 is 20.0 Å². The normalized spacial score (nSPS) is 10.4. The van der Waals surface area contributed by atoms with Gasteiger partial charge in [-0.1, -0.05) is 0 Å². The molecule has 1 aromatic carbocycles. The number of ether oxygens (including phenoxy) is 1. The highest BCUT2D eigenvalue weighted by Crippen LogP contribution is 2.31. The first-order valence-corrected chi connectivity index (χ1v) is 6.47. The zero-order valence-electron chi connectivity index (χ0n) is 10.3. The van der Waals surface area contributed by atoms with Crippen LogP contribution in [-0.2, 0) is 5.75 Å². The van der Waals surface area contributed by atoms with Gasteiger partial charge in [0.25, 0.3) is 0 Å². The minimum atomic E-state index is -1.07. The molecule has 3 N–H and O–H groups in total. The lowest BCUT2D eigenvalue weighted by Crippen LogP contribution is -1.92. The van der Waals surface area contributed by atoms with E-state index in [2.05, 4.69) is 0 Å². The highest BCUT2D eigenvalue weighted by atomic mass is 32.2. The van der Waals surface area contributed by atoms with Crippen molar-refractivity contribution in [2.45, 2.75) is 10.6 Å². The lowest BCUT2D eigenvalue weighted by atomic mass is 10.3. The molecule has 2 rings (SSSR count). The Morgan fingerprint density at radius 1 is 1.42 bits per heavy atom. The topological polar surface area (TPSA) is 85.7 Å². The van der Waals surface area contributed by atoms with Gasteiger partial charge in [-0.25, -0.2) is 4.79 Å². The summed E-state index contributed by atoms with van der Waals surface area (Å²) in [4.78, 5) is 11.6. The Labute approximate surface area is 114 Å². The number of rotatable bonds is 5. The summed E-state index contributed by atoms with van der Waals surface area (Å²) in [6.07, 6.45) is 0. The number of anilines is 1. The van der Waals surface area contributed by atoms with Gasteiger partial charge in [0.2, 0.25) is 5.76 Å². The molecule has 100 valence electrons. The van der Waals surface area contributed by atoms with E-state index >= 15 is 0 Å². The Morgan fingerprint density at radius 3 is 2.84 bits per heavy atom. The van der Waals surface area contributed by atoms with E-state index in [9.17, 15) is 4.79 Å². The van der Waals surface area contributed by atoms with Crippen LogP contribution in [0.2, 0.25) is 0 Å². The summed E-state index contributed by atoms with van der Waals surface area (Å²) in [6, 6.07) is 8.47. The van der Waals surface area contributed by atoms with Gasteiger partial charge in [-0.3, -0.25) is 0 Å². The molecule has 0 bridgehead atoms. The number of aromatic carboxylic acids is 1. The molecule has 0 aliphatic rings. The predicted octanol–water partition coefficient (Wildman–Crippen LogP) is 2.86. The van der Waals surface area contributed by atoms with Crippen molar-refractivity contribution < 1.29 is 19.1 Å². The van der Waals surface area contributed by atoms with Crippen molar-refractivity contribution in [3.8, 4) is 5.75 Å². The molecule has 5 nitrogen and oxygen atoms in total. The van der Waals surface area contributed by atoms with Crippen LogP contribution >= 0.6 is 11.8 Å². The minimum Gasteiger partial charge on any atom is -0.497 e. The van der Waals surface area contributed by atoms with Crippen LogP contribution in [0.5, 0.6) is 5.75 Å². The third-order valence-electron chi connectivity index (χ3n) is 2.46. The summed E-state index contributed by atoms with van der Waals surface area (Å²) in [5.74, 6) is 0.684. The van der Waals surface area contributed by atoms with E-state index < -0.39 is 5.97 Å². The molecule has 6 heteroatoms. The first-order chi connectivity index (χ1) is 9.10. The summed E-state index contributed by atoms with van der Waals surface area (Å²) in [5, 5.41) is 8.76. The summed E-state index contributed by atoms with van der Waals surface area (Å²) < 4.78 is 10.3. The Kier molecular flexibility index (Phi) is 4.01. The van der Waals surface area contributed by atoms with Gasteiger partial charge in [-0.05, 0) is 30.3 Å². The largest absolute Gasteiger partial charge is 0.497 e. The number of nitrogens with two attached hydrogens (primary N) is 1. The van der Waals surface area contributed by atoms with Gasteiger partial charge in [0.1, 0.15) is 11.5 Å². The highest BCUT2D eigenvalue weighted by Gasteiger charge is 2.10. The zero-order chi connectivity index (χ0) is 13.8. The number of benzene rings is 1. The molecule has 19 heavy (non-hydrogen) atoms. The van der Waals surface area contributed by atoms with Crippen molar-refractivity contribution in [1.82, 2.24) is 0 Å². The Hall–Kier alpha value is -2.08. The van der Waals surface area contributed by atoms with E-state index in [-0.39, 0.29) is 5.76 Å². The lowest BCUT2D eigenvalue weighted by Gasteiger charge is -2.06. The molecule has 0 aliphatic carbocycles. The van der Waals surface area contributed by atoms with Crippen LogP contribution in [-0.4, -0.2) is 18.2 Å². The molecule has 0 saturated heterocycles. The van der Waals surface area contributed by atoms with Crippen LogP contribution in [0.25, 0.3) is 0 Å². The number of methoxy groups -OCH3 is 1. The number of nitrogen functional groups attached to an aromatic ring is 1.